The van der Waals surface area contributed by atoms with Crippen molar-refractivity contribution in [2.24, 2.45) is 0 Å². The van der Waals surface area contributed by atoms with Crippen molar-refractivity contribution >= 4 is 40.5 Å². The molecule has 1 aliphatic rings. The normalized spacial score (nSPS) is 13.5. The number of thioether (sulfide) groups is 1. The fourth-order valence-electron chi connectivity index (χ4n) is 2.78. The van der Waals surface area contributed by atoms with E-state index in [0.717, 1.165) is 18.4 Å². The van der Waals surface area contributed by atoms with Crippen LogP contribution < -0.4 is 10.6 Å². The standard InChI is InChI=1S/C20H20N4O3S/c1-11-12(2)27-19-16(11)17(22-18(26)13-6-4-3-5-7-13)23-20(24-19)28-10-15(25)21-14-8-9-14/h3-7,14H,8-10H2,1-2H3,(H,21,25)(H,22,23,24,26). The van der Waals surface area contributed by atoms with E-state index in [9.17, 15) is 9.59 Å². The monoisotopic (exact) mass is 396 g/mol. The van der Waals surface area contributed by atoms with Gasteiger partial charge in [0, 0.05) is 17.2 Å². The van der Waals surface area contributed by atoms with Gasteiger partial charge in [0.15, 0.2) is 5.16 Å². The lowest BCUT2D eigenvalue weighted by molar-refractivity contribution is -0.118. The van der Waals surface area contributed by atoms with E-state index in [1.807, 2.05) is 19.9 Å². The van der Waals surface area contributed by atoms with Gasteiger partial charge in [-0.25, -0.2) is 4.98 Å². The molecular weight excluding hydrogens is 376 g/mol. The van der Waals surface area contributed by atoms with Crippen LogP contribution in [0.1, 0.15) is 34.5 Å². The minimum atomic E-state index is -0.263. The van der Waals surface area contributed by atoms with Gasteiger partial charge in [0.2, 0.25) is 11.6 Å². The first-order valence-corrected chi connectivity index (χ1v) is 10.1. The number of nitrogens with one attached hydrogen (secondary N) is 2. The summed E-state index contributed by atoms with van der Waals surface area (Å²) in [5, 5.41) is 6.86. The third-order valence-electron chi connectivity index (χ3n) is 4.55. The Kier molecular flexibility index (Phi) is 5.04. The number of aromatic nitrogens is 2. The highest BCUT2D eigenvalue weighted by Crippen LogP contribution is 2.31. The van der Waals surface area contributed by atoms with Crippen LogP contribution in [0.25, 0.3) is 11.1 Å². The molecule has 2 N–H and O–H groups in total. The van der Waals surface area contributed by atoms with Crippen LogP contribution in [-0.4, -0.2) is 33.6 Å². The SMILES string of the molecule is Cc1oc2nc(SCC(=O)NC3CC3)nc(NC(=O)c3ccccc3)c2c1C. The highest BCUT2D eigenvalue weighted by Gasteiger charge is 2.24. The number of carbonyl (C=O) groups excluding carboxylic acids is 2. The third kappa shape index (κ3) is 4.01. The Morgan fingerprint density at radius 2 is 1.93 bits per heavy atom. The fourth-order valence-corrected chi connectivity index (χ4v) is 3.43. The first-order valence-electron chi connectivity index (χ1n) is 9.07. The number of aryl methyl sites for hydroxylation is 2. The van der Waals surface area contributed by atoms with Crippen molar-refractivity contribution in [2.45, 2.75) is 37.9 Å². The summed E-state index contributed by atoms with van der Waals surface area (Å²) in [7, 11) is 0. The molecule has 0 radical (unpaired) electrons. The molecule has 0 atom stereocenters. The lowest BCUT2D eigenvalue weighted by atomic mass is 10.2. The minimum absolute atomic E-state index is 0.0436. The molecule has 1 saturated carbocycles. The number of rotatable bonds is 6. The van der Waals surface area contributed by atoms with Gasteiger partial charge in [-0.05, 0) is 38.8 Å². The number of furan rings is 1. The van der Waals surface area contributed by atoms with Crippen molar-refractivity contribution < 1.29 is 14.0 Å². The van der Waals surface area contributed by atoms with Crippen molar-refractivity contribution in [3.05, 3.63) is 47.2 Å². The van der Waals surface area contributed by atoms with Gasteiger partial charge in [0.25, 0.3) is 5.91 Å². The second kappa shape index (κ2) is 7.63. The van der Waals surface area contributed by atoms with Crippen molar-refractivity contribution in [1.29, 1.82) is 0 Å². The van der Waals surface area contributed by atoms with Crippen LogP contribution in [0.4, 0.5) is 5.82 Å². The largest absolute Gasteiger partial charge is 0.443 e. The van der Waals surface area contributed by atoms with E-state index in [2.05, 4.69) is 20.6 Å². The Hall–Kier alpha value is -2.87. The van der Waals surface area contributed by atoms with Gasteiger partial charge in [0.05, 0.1) is 11.1 Å². The second-order valence-electron chi connectivity index (χ2n) is 6.77. The number of anilines is 1. The summed E-state index contributed by atoms with van der Waals surface area (Å²) in [4.78, 5) is 33.5. The molecule has 0 bridgehead atoms. The number of carbonyl (C=O) groups is 2. The van der Waals surface area contributed by atoms with E-state index in [1.54, 1.807) is 24.3 Å². The van der Waals surface area contributed by atoms with Crippen LogP contribution in [0, 0.1) is 13.8 Å². The maximum Gasteiger partial charge on any atom is 0.256 e. The molecule has 2 amide bonds. The average Bonchev–Trinajstić information content (AvgIpc) is 3.45. The smallest absolute Gasteiger partial charge is 0.256 e. The van der Waals surface area contributed by atoms with Gasteiger partial charge < -0.3 is 15.1 Å². The first kappa shape index (κ1) is 18.5. The molecule has 0 aliphatic heterocycles. The molecule has 0 unspecified atom stereocenters. The van der Waals surface area contributed by atoms with E-state index in [4.69, 9.17) is 4.42 Å². The summed E-state index contributed by atoms with van der Waals surface area (Å²) >= 11 is 1.22. The Balaban J connectivity index is 1.61. The third-order valence-corrected chi connectivity index (χ3v) is 5.40. The van der Waals surface area contributed by atoms with E-state index in [-0.39, 0.29) is 17.6 Å². The quantitative estimate of drug-likeness (QED) is 0.489. The van der Waals surface area contributed by atoms with Gasteiger partial charge in [-0.3, -0.25) is 9.59 Å². The van der Waals surface area contributed by atoms with E-state index in [1.165, 1.54) is 11.8 Å². The van der Waals surface area contributed by atoms with Crippen molar-refractivity contribution in [1.82, 2.24) is 15.3 Å². The van der Waals surface area contributed by atoms with Gasteiger partial charge in [-0.2, -0.15) is 4.98 Å². The molecule has 28 heavy (non-hydrogen) atoms. The summed E-state index contributed by atoms with van der Waals surface area (Å²) in [5.74, 6) is 1.01. The van der Waals surface area contributed by atoms with E-state index < -0.39 is 0 Å². The molecule has 4 rings (SSSR count). The molecule has 1 fully saturated rings. The van der Waals surface area contributed by atoms with Crippen LogP contribution in [0.2, 0.25) is 0 Å². The van der Waals surface area contributed by atoms with E-state index >= 15 is 0 Å². The Bertz CT molecular complexity index is 1040. The molecule has 2 aromatic heterocycles. The minimum Gasteiger partial charge on any atom is -0.443 e. The molecule has 0 saturated heterocycles. The fraction of sp³-hybridized carbons (Fsp3) is 0.300. The maximum atomic E-state index is 12.6. The molecule has 1 aliphatic carbocycles. The summed E-state index contributed by atoms with van der Waals surface area (Å²) < 4.78 is 5.73. The number of fused-ring (bicyclic) bond motifs is 1. The second-order valence-corrected chi connectivity index (χ2v) is 7.71. The molecule has 3 aromatic rings. The number of nitrogens with zero attached hydrogens (tertiary/aromatic N) is 2. The highest BCUT2D eigenvalue weighted by molar-refractivity contribution is 7.99. The topological polar surface area (TPSA) is 97.1 Å². The predicted molar refractivity (Wildman–Crippen MR) is 108 cm³/mol. The molecule has 144 valence electrons. The Morgan fingerprint density at radius 1 is 1.18 bits per heavy atom. The summed E-state index contributed by atoms with van der Waals surface area (Å²) in [6, 6.07) is 9.24. The number of amides is 2. The Labute approximate surface area is 166 Å². The molecule has 7 nitrogen and oxygen atoms in total. The van der Waals surface area contributed by atoms with Crippen LogP contribution in [-0.2, 0) is 4.79 Å². The zero-order chi connectivity index (χ0) is 19.7. The molecule has 0 spiro atoms. The van der Waals surface area contributed by atoms with Crippen LogP contribution in [0.3, 0.4) is 0 Å². The highest BCUT2D eigenvalue weighted by atomic mass is 32.2. The van der Waals surface area contributed by atoms with Crippen molar-refractivity contribution in [3.8, 4) is 0 Å². The number of hydrogen-bond acceptors (Lipinski definition) is 6. The maximum absolute atomic E-state index is 12.6. The summed E-state index contributed by atoms with van der Waals surface area (Å²) in [6.07, 6.45) is 2.08. The summed E-state index contributed by atoms with van der Waals surface area (Å²) in [6.45, 7) is 3.74. The zero-order valence-corrected chi connectivity index (χ0v) is 16.4. The summed E-state index contributed by atoms with van der Waals surface area (Å²) in [5.41, 5.74) is 1.81. The number of hydrogen-bond donors (Lipinski definition) is 2. The van der Waals surface area contributed by atoms with Gasteiger partial charge in [-0.1, -0.05) is 30.0 Å². The van der Waals surface area contributed by atoms with Crippen molar-refractivity contribution in [2.75, 3.05) is 11.1 Å². The molecule has 8 heteroatoms. The number of benzene rings is 1. The van der Waals surface area contributed by atoms with Gasteiger partial charge in [0.1, 0.15) is 11.6 Å². The van der Waals surface area contributed by atoms with Crippen LogP contribution in [0.5, 0.6) is 0 Å². The van der Waals surface area contributed by atoms with Crippen LogP contribution in [0.15, 0.2) is 39.9 Å². The average molecular weight is 396 g/mol. The lowest BCUT2D eigenvalue weighted by Gasteiger charge is -2.08. The predicted octanol–water partition coefficient (Wildman–Crippen LogP) is 3.46. The van der Waals surface area contributed by atoms with Gasteiger partial charge in [-0.15, -0.1) is 0 Å². The first-order chi connectivity index (χ1) is 13.5. The molecular formula is C20H20N4O3S. The Morgan fingerprint density at radius 3 is 2.64 bits per heavy atom. The molecule has 1 aromatic carbocycles. The lowest BCUT2D eigenvalue weighted by Crippen LogP contribution is -2.27. The van der Waals surface area contributed by atoms with Crippen LogP contribution >= 0.6 is 11.8 Å². The molecule has 2 heterocycles. The van der Waals surface area contributed by atoms with E-state index in [0.29, 0.717) is 39.4 Å². The van der Waals surface area contributed by atoms with Crippen molar-refractivity contribution in [3.63, 3.8) is 0 Å². The zero-order valence-electron chi connectivity index (χ0n) is 15.6. The van der Waals surface area contributed by atoms with Gasteiger partial charge >= 0.3 is 0 Å².